The highest BCUT2D eigenvalue weighted by Crippen LogP contribution is 2.29. The van der Waals surface area contributed by atoms with E-state index in [2.05, 4.69) is 28.8 Å². The minimum Gasteiger partial charge on any atom is -0.493 e. The quantitative estimate of drug-likeness (QED) is 0.380. The first kappa shape index (κ1) is 21.6. The van der Waals surface area contributed by atoms with Gasteiger partial charge in [-0.05, 0) is 55.2 Å². The van der Waals surface area contributed by atoms with E-state index in [9.17, 15) is 0 Å². The van der Waals surface area contributed by atoms with Crippen molar-refractivity contribution >= 4 is 39.5 Å². The van der Waals surface area contributed by atoms with Crippen LogP contribution in [0.2, 0.25) is 0 Å². The van der Waals surface area contributed by atoms with Crippen LogP contribution in [0.25, 0.3) is 10.8 Å². The molecule has 1 heterocycles. The lowest BCUT2D eigenvalue weighted by atomic mass is 10.1. The molecular formula is C25H26N4O2S. The number of nitrogens with zero attached hydrogens (tertiary/aromatic N) is 2. The molecule has 0 aliphatic carbocycles. The number of hydrogen-bond acceptors (Lipinski definition) is 4. The normalized spacial score (nSPS) is 10.8. The summed E-state index contributed by atoms with van der Waals surface area (Å²) in [6, 6.07) is 20.2. The third kappa shape index (κ3) is 4.38. The van der Waals surface area contributed by atoms with Crippen molar-refractivity contribution in [3.05, 3.63) is 77.6 Å². The number of ether oxygens (including phenoxy) is 2. The van der Waals surface area contributed by atoms with Crippen LogP contribution >= 0.6 is 12.2 Å². The van der Waals surface area contributed by atoms with Crippen LogP contribution in [-0.2, 0) is 6.54 Å². The topological polar surface area (TPSA) is 60.3 Å². The average Bonchev–Trinajstić information content (AvgIpc) is 3.06. The lowest BCUT2D eigenvalue weighted by Gasteiger charge is -2.13. The summed E-state index contributed by atoms with van der Waals surface area (Å²) >= 11 is 5.61. The Morgan fingerprint density at radius 2 is 1.69 bits per heavy atom. The van der Waals surface area contributed by atoms with Crippen LogP contribution in [0, 0.1) is 13.8 Å². The van der Waals surface area contributed by atoms with E-state index in [-0.39, 0.29) is 0 Å². The number of aryl methyl sites for hydroxylation is 1. The highest BCUT2D eigenvalue weighted by Gasteiger charge is 2.14. The van der Waals surface area contributed by atoms with Crippen molar-refractivity contribution in [2.24, 2.45) is 0 Å². The van der Waals surface area contributed by atoms with Gasteiger partial charge in [0, 0.05) is 11.1 Å². The van der Waals surface area contributed by atoms with Crippen molar-refractivity contribution in [1.82, 2.24) is 9.78 Å². The molecule has 4 rings (SSSR count). The van der Waals surface area contributed by atoms with E-state index in [0.717, 1.165) is 39.1 Å². The summed E-state index contributed by atoms with van der Waals surface area (Å²) in [5, 5.41) is 14.2. The van der Waals surface area contributed by atoms with Gasteiger partial charge in [0.05, 0.1) is 37.8 Å². The molecule has 0 radical (unpaired) electrons. The molecule has 2 N–H and O–H groups in total. The Balaban J connectivity index is 1.52. The molecule has 0 atom stereocenters. The van der Waals surface area contributed by atoms with Crippen LogP contribution in [0.15, 0.2) is 60.7 Å². The Morgan fingerprint density at radius 1 is 0.938 bits per heavy atom. The average molecular weight is 447 g/mol. The maximum absolute atomic E-state index is 5.61. The van der Waals surface area contributed by atoms with E-state index in [1.54, 1.807) is 14.2 Å². The van der Waals surface area contributed by atoms with Gasteiger partial charge in [-0.3, -0.25) is 4.68 Å². The smallest absolute Gasteiger partial charge is 0.175 e. The summed E-state index contributed by atoms with van der Waals surface area (Å²) in [7, 11) is 3.27. The van der Waals surface area contributed by atoms with Gasteiger partial charge in [-0.15, -0.1) is 0 Å². The Morgan fingerprint density at radius 3 is 2.47 bits per heavy atom. The minimum atomic E-state index is 0.526. The first-order valence-corrected chi connectivity index (χ1v) is 10.7. The van der Waals surface area contributed by atoms with Crippen LogP contribution < -0.4 is 20.1 Å². The molecule has 7 heteroatoms. The van der Waals surface area contributed by atoms with Crippen molar-refractivity contribution < 1.29 is 9.47 Å². The Labute approximate surface area is 193 Å². The minimum absolute atomic E-state index is 0.526. The first-order chi connectivity index (χ1) is 15.5. The molecule has 0 spiro atoms. The highest BCUT2D eigenvalue weighted by molar-refractivity contribution is 7.80. The summed E-state index contributed by atoms with van der Waals surface area (Å²) in [6.07, 6.45) is 0. The number of fused-ring (bicyclic) bond motifs is 1. The van der Waals surface area contributed by atoms with Crippen molar-refractivity contribution in [3.63, 3.8) is 0 Å². The van der Waals surface area contributed by atoms with E-state index >= 15 is 0 Å². The largest absolute Gasteiger partial charge is 0.493 e. The maximum Gasteiger partial charge on any atom is 0.175 e. The van der Waals surface area contributed by atoms with Crippen molar-refractivity contribution in [2.75, 3.05) is 24.9 Å². The van der Waals surface area contributed by atoms with Crippen LogP contribution in [0.4, 0.5) is 11.4 Å². The predicted octanol–water partition coefficient (Wildman–Crippen LogP) is 5.53. The number of methoxy groups -OCH3 is 2. The lowest BCUT2D eigenvalue weighted by Crippen LogP contribution is -2.20. The number of anilines is 2. The first-order valence-electron chi connectivity index (χ1n) is 10.3. The van der Waals surface area contributed by atoms with Gasteiger partial charge in [-0.1, -0.05) is 42.5 Å². The molecule has 0 bridgehead atoms. The molecule has 0 aliphatic rings. The van der Waals surface area contributed by atoms with Crippen molar-refractivity contribution in [3.8, 4) is 11.5 Å². The number of nitrogens with one attached hydrogen (secondary N) is 2. The Bertz CT molecular complexity index is 1280. The third-order valence-corrected chi connectivity index (χ3v) is 5.64. The molecule has 0 saturated heterocycles. The number of thiocarbonyl (C=S) groups is 1. The van der Waals surface area contributed by atoms with E-state index in [0.29, 0.717) is 23.2 Å². The maximum atomic E-state index is 5.61. The fraction of sp³-hybridized carbons (Fsp3) is 0.200. The standard InChI is InChI=1S/C25H26N4O2S/c1-16-24(27-25(32)26-21-11-7-9-19-8-5-6-10-20(19)21)17(2)29(28-16)15-18-12-13-22(30-3)23(14-18)31-4/h5-14H,15H2,1-4H3,(H2,26,27,32). The second-order valence-corrected chi connectivity index (χ2v) is 7.91. The number of benzene rings is 3. The molecule has 0 aliphatic heterocycles. The molecule has 0 saturated carbocycles. The van der Waals surface area contributed by atoms with Crippen molar-refractivity contribution in [2.45, 2.75) is 20.4 Å². The zero-order valence-electron chi connectivity index (χ0n) is 18.6. The highest BCUT2D eigenvalue weighted by atomic mass is 32.1. The molecule has 0 fully saturated rings. The van der Waals surface area contributed by atoms with Gasteiger partial charge in [0.1, 0.15) is 0 Å². The van der Waals surface area contributed by atoms with Crippen LogP contribution in [-0.4, -0.2) is 29.1 Å². The van der Waals surface area contributed by atoms with Gasteiger partial charge in [-0.25, -0.2) is 0 Å². The fourth-order valence-electron chi connectivity index (χ4n) is 3.79. The summed E-state index contributed by atoms with van der Waals surface area (Å²) in [5.74, 6) is 1.40. The molecule has 3 aromatic carbocycles. The van der Waals surface area contributed by atoms with Gasteiger partial charge in [0.2, 0.25) is 0 Å². The number of hydrogen-bond donors (Lipinski definition) is 2. The monoisotopic (exact) mass is 446 g/mol. The van der Waals surface area contributed by atoms with Crippen LogP contribution in [0.1, 0.15) is 17.0 Å². The summed E-state index contributed by atoms with van der Waals surface area (Å²) in [5.41, 5.74) is 4.82. The molecule has 164 valence electrons. The van der Waals surface area contributed by atoms with Gasteiger partial charge in [0.15, 0.2) is 16.6 Å². The molecule has 0 amide bonds. The molecule has 1 aromatic heterocycles. The second kappa shape index (κ2) is 9.28. The van der Waals surface area contributed by atoms with E-state index < -0.39 is 0 Å². The lowest BCUT2D eigenvalue weighted by molar-refractivity contribution is 0.354. The van der Waals surface area contributed by atoms with Gasteiger partial charge in [-0.2, -0.15) is 5.10 Å². The van der Waals surface area contributed by atoms with E-state index in [1.165, 1.54) is 0 Å². The van der Waals surface area contributed by atoms with Crippen molar-refractivity contribution in [1.29, 1.82) is 0 Å². The molecule has 4 aromatic rings. The Kier molecular flexibility index (Phi) is 6.28. The molecule has 6 nitrogen and oxygen atoms in total. The predicted molar refractivity (Wildman–Crippen MR) is 134 cm³/mol. The molecule has 0 unspecified atom stereocenters. The number of rotatable bonds is 6. The summed E-state index contributed by atoms with van der Waals surface area (Å²) in [6.45, 7) is 4.61. The van der Waals surface area contributed by atoms with Gasteiger partial charge >= 0.3 is 0 Å². The molecular weight excluding hydrogens is 420 g/mol. The van der Waals surface area contributed by atoms with Crippen LogP contribution in [0.5, 0.6) is 11.5 Å². The Hall–Kier alpha value is -3.58. The second-order valence-electron chi connectivity index (χ2n) is 7.50. The van der Waals surface area contributed by atoms with Gasteiger partial charge < -0.3 is 20.1 Å². The van der Waals surface area contributed by atoms with E-state index in [4.69, 9.17) is 26.8 Å². The number of aromatic nitrogens is 2. The van der Waals surface area contributed by atoms with Gasteiger partial charge in [0.25, 0.3) is 0 Å². The molecule has 32 heavy (non-hydrogen) atoms. The SMILES string of the molecule is COc1ccc(Cn2nc(C)c(NC(=S)Nc3cccc4ccccc34)c2C)cc1OC. The third-order valence-electron chi connectivity index (χ3n) is 5.44. The summed E-state index contributed by atoms with van der Waals surface area (Å²) in [4.78, 5) is 0. The zero-order chi connectivity index (χ0) is 22.7. The summed E-state index contributed by atoms with van der Waals surface area (Å²) < 4.78 is 12.7. The van der Waals surface area contributed by atoms with E-state index in [1.807, 2.05) is 61.0 Å². The fourth-order valence-corrected chi connectivity index (χ4v) is 4.00. The zero-order valence-corrected chi connectivity index (χ0v) is 19.4. The van der Waals surface area contributed by atoms with Crippen LogP contribution in [0.3, 0.4) is 0 Å².